The van der Waals surface area contributed by atoms with Gasteiger partial charge < -0.3 is 11.1 Å². The summed E-state index contributed by atoms with van der Waals surface area (Å²) in [6.45, 7) is 0. The van der Waals surface area contributed by atoms with Crippen molar-refractivity contribution in [2.75, 3.05) is 11.5 Å². The Kier molecular flexibility index (Phi) is 4.68. The van der Waals surface area contributed by atoms with Gasteiger partial charge in [-0.3, -0.25) is 4.79 Å². The molecular weight excluding hydrogens is 252 g/mol. The number of thioether (sulfide) groups is 1. The third-order valence-electron chi connectivity index (χ3n) is 3.53. The smallest absolute Gasteiger partial charge is 0.220 e. The van der Waals surface area contributed by atoms with Crippen molar-refractivity contribution < 1.29 is 4.79 Å². The van der Waals surface area contributed by atoms with Crippen LogP contribution in [0.25, 0.3) is 0 Å². The Morgan fingerprint density at radius 3 is 2.53 bits per heavy atom. The molecule has 1 atom stereocenters. The Bertz CT molecular complexity index is 299. The topological polar surface area (TPSA) is 55.1 Å². The molecule has 2 fully saturated rings. The monoisotopic (exact) mass is 272 g/mol. The summed E-state index contributed by atoms with van der Waals surface area (Å²) in [5, 5.41) is 3.01. The van der Waals surface area contributed by atoms with Crippen molar-refractivity contribution in [3.05, 3.63) is 0 Å². The second-order valence-corrected chi connectivity index (χ2v) is 6.74. The van der Waals surface area contributed by atoms with Crippen LogP contribution in [-0.2, 0) is 4.79 Å². The third kappa shape index (κ3) is 4.14. The molecule has 0 aromatic heterocycles. The van der Waals surface area contributed by atoms with Crippen LogP contribution in [0.2, 0.25) is 0 Å². The third-order valence-corrected chi connectivity index (χ3v) is 4.83. The standard InChI is InChI=1S/C12H20N2OS2/c13-12(16)11(9-1-2-9)14-10(15)7-8-3-5-17-6-4-8/h8-9,11H,1-7H2,(H2,13,16)(H,14,15). The van der Waals surface area contributed by atoms with Gasteiger partial charge in [-0.05, 0) is 49.0 Å². The van der Waals surface area contributed by atoms with Gasteiger partial charge in [0.25, 0.3) is 0 Å². The SMILES string of the molecule is NC(=S)C(NC(=O)CC1CCSCC1)C1CC1. The molecule has 0 bridgehead atoms. The molecule has 1 unspecified atom stereocenters. The first-order chi connectivity index (χ1) is 8.16. The number of hydrogen-bond acceptors (Lipinski definition) is 3. The first-order valence-corrected chi connectivity index (χ1v) is 7.89. The van der Waals surface area contributed by atoms with E-state index < -0.39 is 0 Å². The van der Waals surface area contributed by atoms with Gasteiger partial charge in [-0.15, -0.1) is 0 Å². The molecule has 1 saturated carbocycles. The van der Waals surface area contributed by atoms with E-state index in [1.54, 1.807) is 0 Å². The lowest BCUT2D eigenvalue weighted by Crippen LogP contribution is -2.45. The number of amides is 1. The summed E-state index contributed by atoms with van der Waals surface area (Å²) in [6.07, 6.45) is 5.26. The fourth-order valence-corrected chi connectivity index (χ4v) is 3.75. The Morgan fingerprint density at radius 1 is 1.35 bits per heavy atom. The molecule has 96 valence electrons. The lowest BCUT2D eigenvalue weighted by atomic mass is 9.98. The largest absolute Gasteiger partial charge is 0.392 e. The van der Waals surface area contributed by atoms with Crippen molar-refractivity contribution in [3.8, 4) is 0 Å². The average molecular weight is 272 g/mol. The Balaban J connectivity index is 1.76. The number of thiocarbonyl (C=S) groups is 1. The van der Waals surface area contributed by atoms with Crippen LogP contribution in [0.3, 0.4) is 0 Å². The molecule has 2 rings (SSSR count). The van der Waals surface area contributed by atoms with Crippen molar-refractivity contribution in [3.63, 3.8) is 0 Å². The second kappa shape index (κ2) is 6.05. The van der Waals surface area contributed by atoms with E-state index in [1.807, 2.05) is 11.8 Å². The quantitative estimate of drug-likeness (QED) is 0.748. The van der Waals surface area contributed by atoms with E-state index >= 15 is 0 Å². The maximum atomic E-state index is 11.9. The molecule has 1 aliphatic carbocycles. The van der Waals surface area contributed by atoms with Gasteiger partial charge in [0, 0.05) is 6.42 Å². The highest BCUT2D eigenvalue weighted by atomic mass is 32.2. The summed E-state index contributed by atoms with van der Waals surface area (Å²) < 4.78 is 0. The van der Waals surface area contributed by atoms with Gasteiger partial charge in [0.1, 0.15) is 0 Å². The van der Waals surface area contributed by atoms with Crippen LogP contribution in [0.15, 0.2) is 0 Å². The molecule has 1 heterocycles. The molecule has 0 aromatic carbocycles. The van der Waals surface area contributed by atoms with E-state index in [-0.39, 0.29) is 11.9 Å². The molecule has 1 aliphatic heterocycles. The molecule has 1 amide bonds. The van der Waals surface area contributed by atoms with Gasteiger partial charge in [0.15, 0.2) is 0 Å². The summed E-state index contributed by atoms with van der Waals surface area (Å²) in [5.74, 6) is 3.57. The van der Waals surface area contributed by atoms with Crippen molar-refractivity contribution in [2.24, 2.45) is 17.6 Å². The molecule has 17 heavy (non-hydrogen) atoms. The van der Waals surface area contributed by atoms with Gasteiger partial charge in [-0.2, -0.15) is 11.8 Å². The van der Waals surface area contributed by atoms with Crippen LogP contribution in [0.4, 0.5) is 0 Å². The van der Waals surface area contributed by atoms with Crippen LogP contribution in [0, 0.1) is 11.8 Å². The Morgan fingerprint density at radius 2 is 2.00 bits per heavy atom. The second-order valence-electron chi connectivity index (χ2n) is 5.04. The minimum Gasteiger partial charge on any atom is -0.392 e. The first kappa shape index (κ1) is 13.1. The van der Waals surface area contributed by atoms with Crippen LogP contribution < -0.4 is 11.1 Å². The van der Waals surface area contributed by atoms with Gasteiger partial charge in [-0.25, -0.2) is 0 Å². The van der Waals surface area contributed by atoms with E-state index in [4.69, 9.17) is 18.0 Å². The summed E-state index contributed by atoms with van der Waals surface area (Å²) in [7, 11) is 0. The van der Waals surface area contributed by atoms with Crippen molar-refractivity contribution >= 4 is 34.9 Å². The molecule has 1 saturated heterocycles. The van der Waals surface area contributed by atoms with Crippen LogP contribution >= 0.6 is 24.0 Å². The molecular formula is C12H20N2OS2. The number of rotatable bonds is 5. The lowest BCUT2D eigenvalue weighted by Gasteiger charge is -2.22. The van der Waals surface area contributed by atoms with Crippen LogP contribution in [0.1, 0.15) is 32.1 Å². The minimum atomic E-state index is -0.0598. The minimum absolute atomic E-state index is 0.0598. The number of hydrogen-bond donors (Lipinski definition) is 2. The number of nitrogens with one attached hydrogen (secondary N) is 1. The number of carbonyl (C=O) groups is 1. The fraction of sp³-hybridized carbons (Fsp3) is 0.833. The van der Waals surface area contributed by atoms with Gasteiger partial charge in [-0.1, -0.05) is 12.2 Å². The summed E-state index contributed by atoms with van der Waals surface area (Å²) in [6, 6.07) is -0.0598. The Hall–Kier alpha value is -0.290. The normalized spacial score (nSPS) is 23.1. The van der Waals surface area contributed by atoms with Crippen LogP contribution in [-0.4, -0.2) is 28.4 Å². The predicted octanol–water partition coefficient (Wildman–Crippen LogP) is 1.70. The van der Waals surface area contributed by atoms with Crippen molar-refractivity contribution in [1.29, 1.82) is 0 Å². The zero-order valence-electron chi connectivity index (χ0n) is 9.98. The lowest BCUT2D eigenvalue weighted by molar-refractivity contribution is -0.122. The zero-order valence-corrected chi connectivity index (χ0v) is 11.6. The highest BCUT2D eigenvalue weighted by Crippen LogP contribution is 2.33. The zero-order chi connectivity index (χ0) is 12.3. The highest BCUT2D eigenvalue weighted by molar-refractivity contribution is 7.99. The summed E-state index contributed by atoms with van der Waals surface area (Å²) in [4.78, 5) is 12.4. The Labute approximate surface area is 112 Å². The maximum Gasteiger partial charge on any atom is 0.220 e. The molecule has 0 radical (unpaired) electrons. The predicted molar refractivity (Wildman–Crippen MR) is 76.1 cm³/mol. The number of nitrogens with two attached hydrogens (primary N) is 1. The van der Waals surface area contributed by atoms with Gasteiger partial charge >= 0.3 is 0 Å². The summed E-state index contributed by atoms with van der Waals surface area (Å²) in [5.41, 5.74) is 5.67. The van der Waals surface area contributed by atoms with E-state index in [0.29, 0.717) is 23.2 Å². The first-order valence-electron chi connectivity index (χ1n) is 6.33. The van der Waals surface area contributed by atoms with E-state index in [1.165, 1.54) is 24.3 Å². The van der Waals surface area contributed by atoms with Crippen LogP contribution in [0.5, 0.6) is 0 Å². The van der Waals surface area contributed by atoms with Crippen molar-refractivity contribution in [2.45, 2.75) is 38.1 Å². The molecule has 3 N–H and O–H groups in total. The van der Waals surface area contributed by atoms with E-state index in [9.17, 15) is 4.79 Å². The fourth-order valence-electron chi connectivity index (χ4n) is 2.30. The molecule has 5 heteroatoms. The van der Waals surface area contributed by atoms with E-state index in [0.717, 1.165) is 12.8 Å². The van der Waals surface area contributed by atoms with E-state index in [2.05, 4.69) is 5.32 Å². The molecule has 0 spiro atoms. The number of carbonyl (C=O) groups excluding carboxylic acids is 1. The molecule has 3 nitrogen and oxygen atoms in total. The maximum absolute atomic E-state index is 11.9. The van der Waals surface area contributed by atoms with Gasteiger partial charge in [0.2, 0.25) is 5.91 Å². The molecule has 2 aliphatic rings. The molecule has 0 aromatic rings. The average Bonchev–Trinajstić information content (AvgIpc) is 3.11. The van der Waals surface area contributed by atoms with Gasteiger partial charge in [0.05, 0.1) is 11.0 Å². The summed E-state index contributed by atoms with van der Waals surface area (Å²) >= 11 is 7.00. The highest BCUT2D eigenvalue weighted by Gasteiger charge is 2.34. The van der Waals surface area contributed by atoms with Crippen molar-refractivity contribution in [1.82, 2.24) is 5.32 Å².